The summed E-state index contributed by atoms with van der Waals surface area (Å²) in [5.74, 6) is -1.95. The van der Waals surface area contributed by atoms with Gasteiger partial charge in [0.2, 0.25) is 0 Å². The minimum Gasteiger partial charge on any atom is -0.493 e. The number of Topliss-reactive ketones (excluding diaryl/α,β-unsaturated/α-hetero) is 1. The molecule has 0 aliphatic rings. The first-order valence-electron chi connectivity index (χ1n) is 12.4. The maximum atomic E-state index is 14.1. The number of hydrogen-bond donors (Lipinski definition) is 0. The predicted molar refractivity (Wildman–Crippen MR) is 150 cm³/mol. The van der Waals surface area contributed by atoms with Crippen molar-refractivity contribution in [3.05, 3.63) is 99.5 Å². The minimum atomic E-state index is -5.00. The second-order valence-corrected chi connectivity index (χ2v) is 12.4. The summed E-state index contributed by atoms with van der Waals surface area (Å²) in [7, 11) is -2.83. The zero-order chi connectivity index (χ0) is 29.6. The number of carbonyl (C=O) groups excluding carboxylic acids is 1. The average molecular weight is 618 g/mol. The van der Waals surface area contributed by atoms with E-state index in [4.69, 9.17) is 32.7 Å². The Kier molecular flexibility index (Phi) is 10.7. The van der Waals surface area contributed by atoms with E-state index >= 15 is 0 Å². The van der Waals surface area contributed by atoms with Gasteiger partial charge in [-0.3, -0.25) is 4.79 Å². The van der Waals surface area contributed by atoms with Crippen molar-refractivity contribution in [2.75, 3.05) is 19.5 Å². The lowest BCUT2D eigenvalue weighted by Crippen LogP contribution is -2.40. The molecule has 0 saturated carbocycles. The van der Waals surface area contributed by atoms with Gasteiger partial charge in [0.05, 0.1) is 5.75 Å². The van der Waals surface area contributed by atoms with Crippen molar-refractivity contribution in [3.8, 4) is 5.75 Å². The molecule has 5 nitrogen and oxygen atoms in total. The number of rotatable bonds is 13. The smallest absolute Gasteiger partial charge is 0.452 e. The van der Waals surface area contributed by atoms with Crippen molar-refractivity contribution in [2.24, 2.45) is 0 Å². The summed E-state index contributed by atoms with van der Waals surface area (Å²) in [5, 5.41) is 0.961. The van der Waals surface area contributed by atoms with Crippen molar-refractivity contribution in [3.63, 3.8) is 0 Å². The van der Waals surface area contributed by atoms with Crippen LogP contribution in [0.4, 0.5) is 13.2 Å². The van der Waals surface area contributed by atoms with Gasteiger partial charge in [0.15, 0.2) is 9.84 Å². The lowest BCUT2D eigenvalue weighted by Gasteiger charge is -2.34. The molecule has 0 aliphatic heterocycles. The molecule has 3 aromatic carbocycles. The van der Waals surface area contributed by atoms with Gasteiger partial charge in [-0.15, -0.1) is 0 Å². The number of methoxy groups -OCH3 is 1. The van der Waals surface area contributed by atoms with E-state index in [1.807, 2.05) is 6.92 Å². The summed E-state index contributed by atoms with van der Waals surface area (Å²) in [5.41, 5.74) is 1.58. The lowest BCUT2D eigenvalue weighted by atomic mass is 9.86. The number of hydrogen-bond acceptors (Lipinski definition) is 5. The van der Waals surface area contributed by atoms with E-state index < -0.39 is 32.6 Å². The summed E-state index contributed by atoms with van der Waals surface area (Å²) >= 11 is 12.2. The summed E-state index contributed by atoms with van der Waals surface area (Å²) in [6, 6.07) is 19.5. The second kappa shape index (κ2) is 13.4. The molecule has 0 spiro atoms. The molecule has 0 amide bonds. The van der Waals surface area contributed by atoms with Gasteiger partial charge in [0.25, 0.3) is 5.78 Å². The highest BCUT2D eigenvalue weighted by Crippen LogP contribution is 2.43. The topological polar surface area (TPSA) is 69.7 Å². The molecule has 40 heavy (non-hydrogen) atoms. The van der Waals surface area contributed by atoms with Crippen LogP contribution < -0.4 is 4.74 Å². The summed E-state index contributed by atoms with van der Waals surface area (Å²) in [6.07, 6.45) is -6.05. The molecule has 0 N–H and O–H groups in total. The zero-order valence-corrected chi connectivity index (χ0v) is 24.2. The van der Waals surface area contributed by atoms with Gasteiger partial charge in [0.1, 0.15) is 23.2 Å². The molecule has 0 bridgehead atoms. The lowest BCUT2D eigenvalue weighted by molar-refractivity contribution is -0.181. The molecule has 11 heteroatoms. The molecule has 1 atom stereocenters. The molecule has 0 heterocycles. The third-order valence-corrected chi connectivity index (χ3v) is 9.52. The van der Waals surface area contributed by atoms with Crippen LogP contribution >= 0.6 is 23.2 Å². The van der Waals surface area contributed by atoms with E-state index in [2.05, 4.69) is 0 Å². The fraction of sp³-hybridized carbons (Fsp3) is 0.345. The molecule has 1 unspecified atom stereocenters. The monoisotopic (exact) mass is 616 g/mol. The van der Waals surface area contributed by atoms with Crippen LogP contribution in [0.5, 0.6) is 5.75 Å². The van der Waals surface area contributed by atoms with Gasteiger partial charge in [-0.05, 0) is 59.5 Å². The Morgan fingerprint density at radius 1 is 0.875 bits per heavy atom. The first kappa shape index (κ1) is 31.9. The average Bonchev–Trinajstić information content (AvgIpc) is 2.91. The third kappa shape index (κ3) is 7.37. The van der Waals surface area contributed by atoms with Gasteiger partial charge in [-0.25, -0.2) is 8.42 Å². The molecular weight excluding hydrogens is 588 g/mol. The Morgan fingerprint density at radius 3 is 1.80 bits per heavy atom. The molecule has 0 aliphatic carbocycles. The maximum absolute atomic E-state index is 14.1. The first-order chi connectivity index (χ1) is 18.8. The molecular formula is C29H29Cl2F3O5S. The summed E-state index contributed by atoms with van der Waals surface area (Å²) in [6.45, 7) is 1.74. The standard InChI is InChI=1S/C29H29Cl2F3O5S/c1-3-16-28(21-6-10-23(30)11-7-21,22-8-12-24(31)13-9-22)40(36,37)18-17-39-25-14-4-20(5-15-25)19-26(38-2)27(35)29(32,33)34/h4-15,26H,3,16-19H2,1-2H3. The number of halogens is 5. The number of alkyl halides is 3. The van der Waals surface area contributed by atoms with E-state index in [-0.39, 0.29) is 18.8 Å². The minimum absolute atomic E-state index is 0.165. The van der Waals surface area contributed by atoms with Crippen LogP contribution in [0.2, 0.25) is 10.0 Å². The second-order valence-electron chi connectivity index (χ2n) is 9.19. The number of benzene rings is 3. The fourth-order valence-electron chi connectivity index (χ4n) is 4.61. The molecule has 3 rings (SSSR count). The quantitative estimate of drug-likeness (QED) is 0.203. The summed E-state index contributed by atoms with van der Waals surface area (Å²) < 4.78 is 75.5. The Balaban J connectivity index is 1.81. The Hall–Kier alpha value is -2.59. The number of sulfone groups is 1. The van der Waals surface area contributed by atoms with Gasteiger partial charge in [-0.1, -0.05) is 72.9 Å². The van der Waals surface area contributed by atoms with E-state index in [0.717, 1.165) is 7.11 Å². The zero-order valence-electron chi connectivity index (χ0n) is 21.9. The molecule has 216 valence electrons. The molecule has 0 saturated heterocycles. The number of ether oxygens (including phenoxy) is 2. The van der Waals surface area contributed by atoms with Crippen LogP contribution in [-0.4, -0.2) is 46.0 Å². The van der Waals surface area contributed by atoms with Crippen LogP contribution in [0.15, 0.2) is 72.8 Å². The molecule has 3 aromatic rings. The Bertz CT molecular complexity index is 1330. The molecule has 0 fully saturated rings. The van der Waals surface area contributed by atoms with Gasteiger partial charge in [0, 0.05) is 23.6 Å². The SMILES string of the molecule is CCCC(c1ccc(Cl)cc1)(c1ccc(Cl)cc1)S(=O)(=O)CCOc1ccc(CC(OC)C(=O)C(F)(F)F)cc1. The van der Waals surface area contributed by atoms with Crippen molar-refractivity contribution in [1.82, 2.24) is 0 Å². The predicted octanol–water partition coefficient (Wildman–Crippen LogP) is 7.22. The van der Waals surface area contributed by atoms with Gasteiger partial charge in [-0.2, -0.15) is 13.2 Å². The Morgan fingerprint density at radius 2 is 1.38 bits per heavy atom. The third-order valence-electron chi connectivity index (χ3n) is 6.58. The summed E-state index contributed by atoms with van der Waals surface area (Å²) in [4.78, 5) is 11.5. The molecule has 0 aromatic heterocycles. The van der Waals surface area contributed by atoms with Crippen LogP contribution in [0.3, 0.4) is 0 Å². The number of carbonyl (C=O) groups is 1. The van der Waals surface area contributed by atoms with Gasteiger partial charge < -0.3 is 9.47 Å². The van der Waals surface area contributed by atoms with E-state index in [1.54, 1.807) is 48.5 Å². The Labute approximate surface area is 242 Å². The van der Waals surface area contributed by atoms with E-state index in [1.165, 1.54) is 24.3 Å². The molecule has 0 radical (unpaired) electrons. The van der Waals surface area contributed by atoms with Gasteiger partial charge >= 0.3 is 6.18 Å². The van der Waals surface area contributed by atoms with E-state index in [9.17, 15) is 26.4 Å². The highest BCUT2D eigenvalue weighted by Gasteiger charge is 2.46. The highest BCUT2D eigenvalue weighted by atomic mass is 35.5. The van der Waals surface area contributed by atoms with Crippen molar-refractivity contribution in [1.29, 1.82) is 0 Å². The number of ketones is 1. The first-order valence-corrected chi connectivity index (χ1v) is 14.8. The van der Waals surface area contributed by atoms with Crippen molar-refractivity contribution < 1.29 is 35.9 Å². The van der Waals surface area contributed by atoms with Crippen LogP contribution in [0, 0.1) is 0 Å². The highest BCUT2D eigenvalue weighted by molar-refractivity contribution is 7.92. The van der Waals surface area contributed by atoms with Crippen LogP contribution in [0.25, 0.3) is 0 Å². The van der Waals surface area contributed by atoms with Crippen molar-refractivity contribution in [2.45, 2.75) is 43.2 Å². The normalized spacial score (nSPS) is 13.2. The largest absolute Gasteiger partial charge is 0.493 e. The van der Waals surface area contributed by atoms with Crippen LogP contribution in [-0.2, 0) is 30.5 Å². The van der Waals surface area contributed by atoms with Crippen molar-refractivity contribution >= 4 is 38.8 Å². The maximum Gasteiger partial charge on any atom is 0.452 e. The fourth-order valence-corrected chi connectivity index (χ4v) is 7.01. The van der Waals surface area contributed by atoms with Crippen LogP contribution in [0.1, 0.15) is 36.5 Å². The van der Waals surface area contributed by atoms with E-state index in [0.29, 0.717) is 45.3 Å².